The van der Waals surface area contributed by atoms with Crippen molar-refractivity contribution in [3.05, 3.63) is 71.9 Å². The summed E-state index contributed by atoms with van der Waals surface area (Å²) in [6, 6.07) is 18.3. The molecule has 0 radical (unpaired) electrons. The molecule has 1 heterocycles. The lowest BCUT2D eigenvalue weighted by Crippen LogP contribution is -2.07. The summed E-state index contributed by atoms with van der Waals surface area (Å²) in [7, 11) is 1.66. The number of hydrogen-bond donors (Lipinski definition) is 2. The summed E-state index contributed by atoms with van der Waals surface area (Å²) in [6.45, 7) is 2.87. The molecule has 3 rings (SSSR count). The Hall–Kier alpha value is -3.08. The lowest BCUT2D eigenvalue weighted by Gasteiger charge is -2.12. The highest BCUT2D eigenvalue weighted by atomic mass is 16.5. The Labute approximate surface area is 154 Å². The molecule has 5 nitrogen and oxygen atoms in total. The number of anilines is 3. The van der Waals surface area contributed by atoms with Gasteiger partial charge in [-0.25, -0.2) is 4.98 Å². The molecule has 0 saturated carbocycles. The zero-order valence-corrected chi connectivity index (χ0v) is 15.2. The smallest absolute Gasteiger partial charge is 0.224 e. The van der Waals surface area contributed by atoms with Gasteiger partial charge in [0, 0.05) is 12.7 Å². The molecular weight excluding hydrogens is 324 g/mol. The van der Waals surface area contributed by atoms with E-state index in [2.05, 4.69) is 44.9 Å². The topological polar surface area (TPSA) is 59.1 Å². The van der Waals surface area contributed by atoms with Crippen LogP contribution in [-0.4, -0.2) is 23.6 Å². The van der Waals surface area contributed by atoms with Crippen molar-refractivity contribution in [3.63, 3.8) is 0 Å². The molecule has 0 aliphatic heterocycles. The van der Waals surface area contributed by atoms with Gasteiger partial charge in [-0.2, -0.15) is 4.98 Å². The molecule has 0 amide bonds. The number of rotatable bonds is 8. The summed E-state index contributed by atoms with van der Waals surface area (Å²) in [6.07, 6.45) is 3.81. The van der Waals surface area contributed by atoms with E-state index in [4.69, 9.17) is 4.74 Å². The minimum absolute atomic E-state index is 0.620. The quantitative estimate of drug-likeness (QED) is 0.584. The van der Waals surface area contributed by atoms with Crippen LogP contribution in [0.3, 0.4) is 0 Å². The summed E-state index contributed by atoms with van der Waals surface area (Å²) >= 11 is 0. The number of hydrogen-bond acceptors (Lipinski definition) is 5. The molecular formula is C21H24N4O. The average molecular weight is 348 g/mol. The fourth-order valence-electron chi connectivity index (χ4n) is 2.71. The minimum atomic E-state index is 0.620. The maximum Gasteiger partial charge on any atom is 0.224 e. The Balaban J connectivity index is 1.57. The van der Waals surface area contributed by atoms with Gasteiger partial charge in [-0.1, -0.05) is 36.4 Å². The van der Waals surface area contributed by atoms with Crippen molar-refractivity contribution < 1.29 is 4.74 Å². The van der Waals surface area contributed by atoms with Gasteiger partial charge in [-0.05, 0) is 49.1 Å². The van der Waals surface area contributed by atoms with Crippen molar-refractivity contribution in [2.75, 3.05) is 24.3 Å². The summed E-state index contributed by atoms with van der Waals surface area (Å²) in [4.78, 5) is 8.82. The van der Waals surface area contributed by atoms with Crippen molar-refractivity contribution >= 4 is 17.5 Å². The summed E-state index contributed by atoms with van der Waals surface area (Å²) in [5.41, 5.74) is 3.39. The van der Waals surface area contributed by atoms with Gasteiger partial charge in [-0.3, -0.25) is 0 Å². The highest BCUT2D eigenvalue weighted by Gasteiger charge is 2.05. The predicted octanol–water partition coefficient (Wildman–Crippen LogP) is 4.58. The van der Waals surface area contributed by atoms with Crippen LogP contribution in [0.5, 0.6) is 5.75 Å². The third-order valence-electron chi connectivity index (χ3n) is 4.04. The molecule has 0 fully saturated rings. The molecule has 0 aliphatic carbocycles. The minimum Gasteiger partial charge on any atom is -0.495 e. The molecule has 0 saturated heterocycles. The number of aromatic nitrogens is 2. The van der Waals surface area contributed by atoms with Gasteiger partial charge in [0.15, 0.2) is 0 Å². The van der Waals surface area contributed by atoms with E-state index in [0.717, 1.165) is 42.2 Å². The first-order valence-electron chi connectivity index (χ1n) is 8.77. The second kappa shape index (κ2) is 8.85. The molecule has 134 valence electrons. The van der Waals surface area contributed by atoms with E-state index in [1.165, 1.54) is 5.56 Å². The molecule has 2 N–H and O–H groups in total. The molecule has 0 unspecified atom stereocenters. The van der Waals surface area contributed by atoms with Gasteiger partial charge in [-0.15, -0.1) is 0 Å². The molecule has 5 heteroatoms. The Morgan fingerprint density at radius 1 is 1.04 bits per heavy atom. The second-order valence-electron chi connectivity index (χ2n) is 6.11. The van der Waals surface area contributed by atoms with Crippen LogP contribution in [0.25, 0.3) is 0 Å². The van der Waals surface area contributed by atoms with Crippen LogP contribution < -0.4 is 15.4 Å². The van der Waals surface area contributed by atoms with Gasteiger partial charge in [0.05, 0.1) is 12.8 Å². The van der Waals surface area contributed by atoms with Crippen LogP contribution in [-0.2, 0) is 6.42 Å². The highest BCUT2D eigenvalue weighted by molar-refractivity contribution is 5.65. The van der Waals surface area contributed by atoms with Crippen molar-refractivity contribution in [1.82, 2.24) is 9.97 Å². The van der Waals surface area contributed by atoms with Gasteiger partial charge in [0.1, 0.15) is 11.6 Å². The second-order valence-corrected chi connectivity index (χ2v) is 6.11. The van der Waals surface area contributed by atoms with E-state index >= 15 is 0 Å². The number of nitrogens with one attached hydrogen (secondary N) is 2. The van der Waals surface area contributed by atoms with E-state index in [9.17, 15) is 0 Å². The lowest BCUT2D eigenvalue weighted by atomic mass is 10.1. The summed E-state index contributed by atoms with van der Waals surface area (Å²) in [5.74, 6) is 2.13. The van der Waals surface area contributed by atoms with Crippen LogP contribution in [0.15, 0.2) is 60.8 Å². The molecule has 3 aromatic rings. The number of aryl methyl sites for hydroxylation is 2. The van der Waals surface area contributed by atoms with E-state index in [1.807, 2.05) is 37.3 Å². The molecule has 0 atom stereocenters. The van der Waals surface area contributed by atoms with Crippen LogP contribution in [0.1, 0.15) is 17.5 Å². The van der Waals surface area contributed by atoms with Crippen molar-refractivity contribution in [3.8, 4) is 5.75 Å². The number of ether oxygens (including phenoxy) is 1. The maximum absolute atomic E-state index is 5.40. The predicted molar refractivity (Wildman–Crippen MR) is 106 cm³/mol. The first kappa shape index (κ1) is 17.7. The highest BCUT2D eigenvalue weighted by Crippen LogP contribution is 2.27. The molecule has 0 aliphatic rings. The molecule has 2 aromatic carbocycles. The molecule has 1 aromatic heterocycles. The third kappa shape index (κ3) is 4.96. The third-order valence-corrected chi connectivity index (χ3v) is 4.04. The largest absolute Gasteiger partial charge is 0.495 e. The van der Waals surface area contributed by atoms with Crippen LogP contribution in [0.4, 0.5) is 17.5 Å². The fourth-order valence-corrected chi connectivity index (χ4v) is 2.71. The first-order chi connectivity index (χ1) is 12.7. The summed E-state index contributed by atoms with van der Waals surface area (Å²) < 4.78 is 5.40. The van der Waals surface area contributed by atoms with E-state index in [1.54, 1.807) is 13.3 Å². The SMILES string of the molecule is COc1ccc(C)cc1Nc1ccnc(NCCCc2ccccc2)n1. The van der Waals surface area contributed by atoms with E-state index in [0.29, 0.717) is 5.95 Å². The standard InChI is InChI=1S/C21H24N4O/c1-16-10-11-19(26-2)18(15-16)24-20-12-14-23-21(25-20)22-13-6-9-17-7-4-3-5-8-17/h3-5,7-8,10-12,14-15H,6,9,13H2,1-2H3,(H2,22,23,24,25). The van der Waals surface area contributed by atoms with Crippen LogP contribution >= 0.6 is 0 Å². The normalized spacial score (nSPS) is 10.4. The Kier molecular flexibility index (Phi) is 6.04. The van der Waals surface area contributed by atoms with Crippen molar-refractivity contribution in [2.45, 2.75) is 19.8 Å². The average Bonchev–Trinajstić information content (AvgIpc) is 2.67. The Morgan fingerprint density at radius 3 is 2.69 bits per heavy atom. The first-order valence-corrected chi connectivity index (χ1v) is 8.77. The molecule has 0 spiro atoms. The Morgan fingerprint density at radius 2 is 1.88 bits per heavy atom. The zero-order valence-electron chi connectivity index (χ0n) is 15.2. The number of nitrogens with zero attached hydrogens (tertiary/aromatic N) is 2. The van der Waals surface area contributed by atoms with Gasteiger partial charge in [0.25, 0.3) is 0 Å². The van der Waals surface area contributed by atoms with Crippen molar-refractivity contribution in [2.24, 2.45) is 0 Å². The summed E-state index contributed by atoms with van der Waals surface area (Å²) in [5, 5.41) is 6.59. The zero-order chi connectivity index (χ0) is 18.2. The monoisotopic (exact) mass is 348 g/mol. The van der Waals surface area contributed by atoms with Crippen LogP contribution in [0, 0.1) is 6.92 Å². The Bertz CT molecular complexity index is 836. The van der Waals surface area contributed by atoms with Gasteiger partial charge >= 0.3 is 0 Å². The van der Waals surface area contributed by atoms with Crippen molar-refractivity contribution in [1.29, 1.82) is 0 Å². The molecule has 0 bridgehead atoms. The van der Waals surface area contributed by atoms with Crippen LogP contribution in [0.2, 0.25) is 0 Å². The van der Waals surface area contributed by atoms with Gasteiger partial charge in [0.2, 0.25) is 5.95 Å². The van der Waals surface area contributed by atoms with Gasteiger partial charge < -0.3 is 15.4 Å². The fraction of sp³-hybridized carbons (Fsp3) is 0.238. The number of benzene rings is 2. The number of methoxy groups -OCH3 is 1. The lowest BCUT2D eigenvalue weighted by molar-refractivity contribution is 0.416. The van der Waals surface area contributed by atoms with E-state index < -0.39 is 0 Å². The molecule has 26 heavy (non-hydrogen) atoms. The maximum atomic E-state index is 5.40. The van der Waals surface area contributed by atoms with E-state index in [-0.39, 0.29) is 0 Å².